The van der Waals surface area contributed by atoms with Crippen LogP contribution in [0.1, 0.15) is 43.7 Å². The number of rotatable bonds is 3. The van der Waals surface area contributed by atoms with E-state index in [2.05, 4.69) is 11.0 Å². The molecule has 3 rings (SSSR count). The molecule has 0 unspecified atom stereocenters. The van der Waals surface area contributed by atoms with E-state index in [9.17, 15) is 14.4 Å². The van der Waals surface area contributed by atoms with Crippen molar-refractivity contribution in [2.24, 2.45) is 5.92 Å². The third kappa shape index (κ3) is 3.76. The van der Waals surface area contributed by atoms with Crippen molar-refractivity contribution in [2.45, 2.75) is 38.1 Å². The molecule has 1 saturated heterocycles. The normalized spacial score (nSPS) is 21.2. The van der Waals surface area contributed by atoms with Gasteiger partial charge in [0, 0.05) is 32.1 Å². The van der Waals surface area contributed by atoms with Gasteiger partial charge in [-0.25, -0.2) is 4.39 Å². The monoisotopic (exact) mass is 329 g/mol. The Morgan fingerprint density at radius 3 is 2.29 bits per heavy atom. The van der Waals surface area contributed by atoms with Gasteiger partial charge < -0.3 is 4.90 Å². The van der Waals surface area contributed by atoms with E-state index < -0.39 is 0 Å². The third-order valence-electron chi connectivity index (χ3n) is 5.25. The first kappa shape index (κ1) is 16.9. The molecule has 0 bridgehead atoms. The van der Waals surface area contributed by atoms with E-state index in [1.807, 2.05) is 4.90 Å². The Morgan fingerprint density at radius 1 is 1.08 bits per heavy atom. The van der Waals surface area contributed by atoms with Crippen molar-refractivity contribution in [3.63, 3.8) is 0 Å². The molecule has 4 nitrogen and oxygen atoms in total. The van der Waals surface area contributed by atoms with Crippen molar-refractivity contribution in [1.82, 2.24) is 9.80 Å². The maximum absolute atomic E-state index is 13.1. The lowest BCUT2D eigenvalue weighted by Crippen LogP contribution is -2.51. The summed E-state index contributed by atoms with van der Waals surface area (Å²) < 4.78 is 13.1. The van der Waals surface area contributed by atoms with Gasteiger partial charge in [-0.3, -0.25) is 9.69 Å². The molecule has 1 aromatic rings. The molecule has 1 saturated carbocycles. The molecule has 0 aromatic heterocycles. The summed E-state index contributed by atoms with van der Waals surface area (Å²) in [5.74, 6) is 0.206. The quantitative estimate of drug-likeness (QED) is 0.856. The molecule has 128 valence electrons. The Hall–Kier alpha value is -1.93. The Kier molecular flexibility index (Phi) is 5.47. The zero-order chi connectivity index (χ0) is 16.9. The van der Waals surface area contributed by atoms with Gasteiger partial charge in [0.15, 0.2) is 0 Å². The molecule has 0 radical (unpaired) electrons. The molecule has 0 spiro atoms. The standard InChI is InChI=1S/C19H24FN3O/c20-17-8-6-15(7-9-17)18(14-21)22-10-12-23(13-11-22)19(24)16-4-2-1-3-5-16/h6-9,16,18H,1-5,10-13H2/t18-/m1/s1. The van der Waals surface area contributed by atoms with E-state index in [4.69, 9.17) is 0 Å². The summed E-state index contributed by atoms with van der Waals surface area (Å²) in [6, 6.07) is 8.06. The molecule has 5 heteroatoms. The fourth-order valence-corrected chi connectivity index (χ4v) is 3.82. The maximum atomic E-state index is 13.1. The number of halogens is 1. The van der Waals surface area contributed by atoms with Crippen LogP contribution in [0.3, 0.4) is 0 Å². The highest BCUT2D eigenvalue weighted by atomic mass is 19.1. The van der Waals surface area contributed by atoms with Crippen LogP contribution < -0.4 is 0 Å². The highest BCUT2D eigenvalue weighted by Gasteiger charge is 2.30. The Balaban J connectivity index is 1.58. The summed E-state index contributed by atoms with van der Waals surface area (Å²) in [7, 11) is 0. The molecular weight excluding hydrogens is 305 g/mol. The van der Waals surface area contributed by atoms with Crippen LogP contribution in [0.2, 0.25) is 0 Å². The maximum Gasteiger partial charge on any atom is 0.225 e. The van der Waals surface area contributed by atoms with Gasteiger partial charge in [-0.05, 0) is 30.5 Å². The predicted octanol–water partition coefficient (Wildman–Crippen LogP) is 3.11. The largest absolute Gasteiger partial charge is 0.340 e. The first-order chi connectivity index (χ1) is 11.7. The van der Waals surface area contributed by atoms with Gasteiger partial charge in [0.25, 0.3) is 0 Å². The lowest BCUT2D eigenvalue weighted by Gasteiger charge is -2.38. The van der Waals surface area contributed by atoms with E-state index in [1.165, 1.54) is 18.6 Å². The molecule has 1 aliphatic heterocycles. The fraction of sp³-hybridized carbons (Fsp3) is 0.579. The second-order valence-corrected chi connectivity index (χ2v) is 6.78. The Labute approximate surface area is 142 Å². The van der Waals surface area contributed by atoms with Crippen LogP contribution in [0.25, 0.3) is 0 Å². The molecule has 1 amide bonds. The minimum atomic E-state index is -0.377. The van der Waals surface area contributed by atoms with Gasteiger partial charge in [-0.15, -0.1) is 0 Å². The highest BCUT2D eigenvalue weighted by molar-refractivity contribution is 5.79. The number of nitriles is 1. The van der Waals surface area contributed by atoms with Gasteiger partial charge in [0.1, 0.15) is 11.9 Å². The van der Waals surface area contributed by atoms with Gasteiger partial charge in [-0.1, -0.05) is 31.4 Å². The van der Waals surface area contributed by atoms with Crippen LogP contribution >= 0.6 is 0 Å². The number of nitrogens with zero attached hydrogens (tertiary/aromatic N) is 3. The fourth-order valence-electron chi connectivity index (χ4n) is 3.82. The van der Waals surface area contributed by atoms with Crippen LogP contribution in [0.4, 0.5) is 4.39 Å². The molecule has 2 fully saturated rings. The minimum absolute atomic E-state index is 0.203. The van der Waals surface area contributed by atoms with Gasteiger partial charge >= 0.3 is 0 Å². The topological polar surface area (TPSA) is 47.3 Å². The third-order valence-corrected chi connectivity index (χ3v) is 5.25. The highest BCUT2D eigenvalue weighted by Crippen LogP contribution is 2.27. The van der Waals surface area contributed by atoms with Crippen LogP contribution in [0, 0.1) is 23.1 Å². The van der Waals surface area contributed by atoms with Crippen molar-refractivity contribution < 1.29 is 9.18 Å². The Bertz CT molecular complexity index is 596. The second-order valence-electron chi connectivity index (χ2n) is 6.78. The summed E-state index contributed by atoms with van der Waals surface area (Å²) >= 11 is 0. The van der Waals surface area contributed by atoms with Crippen LogP contribution in [-0.4, -0.2) is 41.9 Å². The zero-order valence-corrected chi connectivity index (χ0v) is 14.0. The van der Waals surface area contributed by atoms with E-state index >= 15 is 0 Å². The molecular formula is C19H24FN3O. The summed E-state index contributed by atoms with van der Waals surface area (Å²) in [5, 5.41) is 9.51. The van der Waals surface area contributed by atoms with E-state index in [-0.39, 0.29) is 17.8 Å². The van der Waals surface area contributed by atoms with Crippen LogP contribution in [0.15, 0.2) is 24.3 Å². The number of carbonyl (C=O) groups excluding carboxylic acids is 1. The molecule has 24 heavy (non-hydrogen) atoms. The van der Waals surface area contributed by atoms with Crippen molar-refractivity contribution in [3.8, 4) is 6.07 Å². The van der Waals surface area contributed by atoms with Gasteiger partial charge in [0.2, 0.25) is 5.91 Å². The molecule has 2 aliphatic rings. The molecule has 1 atom stereocenters. The van der Waals surface area contributed by atoms with Crippen LogP contribution in [0.5, 0.6) is 0 Å². The van der Waals surface area contributed by atoms with Crippen molar-refractivity contribution in [3.05, 3.63) is 35.6 Å². The lowest BCUT2D eigenvalue weighted by atomic mass is 9.88. The number of carbonyl (C=O) groups is 1. The lowest BCUT2D eigenvalue weighted by molar-refractivity contribution is -0.138. The minimum Gasteiger partial charge on any atom is -0.340 e. The molecule has 1 aliphatic carbocycles. The first-order valence-electron chi connectivity index (χ1n) is 8.87. The molecule has 0 N–H and O–H groups in total. The molecule has 1 heterocycles. The van der Waals surface area contributed by atoms with Crippen molar-refractivity contribution >= 4 is 5.91 Å². The van der Waals surface area contributed by atoms with Crippen LogP contribution in [-0.2, 0) is 4.79 Å². The van der Waals surface area contributed by atoms with E-state index in [0.29, 0.717) is 32.1 Å². The van der Waals surface area contributed by atoms with E-state index in [0.717, 1.165) is 31.2 Å². The van der Waals surface area contributed by atoms with E-state index in [1.54, 1.807) is 12.1 Å². The number of hydrogen-bond donors (Lipinski definition) is 0. The van der Waals surface area contributed by atoms with Crippen molar-refractivity contribution in [1.29, 1.82) is 5.26 Å². The smallest absolute Gasteiger partial charge is 0.225 e. The number of hydrogen-bond acceptors (Lipinski definition) is 3. The molecule has 1 aromatic carbocycles. The van der Waals surface area contributed by atoms with Gasteiger partial charge in [0.05, 0.1) is 6.07 Å². The average molecular weight is 329 g/mol. The number of benzene rings is 1. The average Bonchev–Trinajstić information content (AvgIpc) is 2.64. The summed E-state index contributed by atoms with van der Waals surface area (Å²) in [6.45, 7) is 2.73. The zero-order valence-electron chi connectivity index (χ0n) is 14.0. The van der Waals surface area contributed by atoms with Gasteiger partial charge in [-0.2, -0.15) is 5.26 Å². The number of amides is 1. The predicted molar refractivity (Wildman–Crippen MR) is 89.5 cm³/mol. The number of piperazine rings is 1. The Morgan fingerprint density at radius 2 is 1.71 bits per heavy atom. The summed E-state index contributed by atoms with van der Waals surface area (Å²) in [6.07, 6.45) is 5.62. The summed E-state index contributed by atoms with van der Waals surface area (Å²) in [5.41, 5.74) is 0.811. The second kappa shape index (κ2) is 7.76. The SMILES string of the molecule is N#C[C@H](c1ccc(F)cc1)N1CCN(C(=O)C2CCCCC2)CC1. The summed E-state index contributed by atoms with van der Waals surface area (Å²) in [4.78, 5) is 16.7. The van der Waals surface area contributed by atoms with Crippen molar-refractivity contribution in [2.75, 3.05) is 26.2 Å². The first-order valence-corrected chi connectivity index (χ1v) is 8.87.